The van der Waals surface area contributed by atoms with Gasteiger partial charge in [0, 0.05) is 18.6 Å². The number of nitrogens with zero attached hydrogens (tertiary/aromatic N) is 5. The number of thioether (sulfide) groups is 1. The van der Waals surface area contributed by atoms with E-state index in [0.717, 1.165) is 5.75 Å². The minimum Gasteiger partial charge on any atom is -0.447 e. The highest BCUT2D eigenvalue weighted by Gasteiger charge is 2.37. The van der Waals surface area contributed by atoms with Crippen LogP contribution in [-0.4, -0.2) is 31.8 Å². The topological polar surface area (TPSA) is 111 Å². The van der Waals surface area contributed by atoms with Crippen LogP contribution in [0.1, 0.15) is 25.6 Å². The van der Waals surface area contributed by atoms with Crippen LogP contribution in [0, 0.1) is 10.1 Å². The Morgan fingerprint density at radius 1 is 1.20 bits per heavy atom. The first-order chi connectivity index (χ1) is 14.5. The Kier molecular flexibility index (Phi) is 5.32. The third kappa shape index (κ3) is 3.45. The van der Waals surface area contributed by atoms with Crippen LogP contribution in [0.2, 0.25) is 0 Å². The summed E-state index contributed by atoms with van der Waals surface area (Å²) in [7, 11) is 0. The number of nitro groups is 1. The Hall–Kier alpha value is -3.53. The molecule has 10 heteroatoms. The largest absolute Gasteiger partial charge is 0.447 e. The maximum absolute atomic E-state index is 12.7. The van der Waals surface area contributed by atoms with E-state index in [9.17, 15) is 14.9 Å². The second kappa shape index (κ2) is 8.07. The monoisotopic (exact) mass is 423 g/mol. The molecule has 4 rings (SSSR count). The first-order valence-electron chi connectivity index (χ1n) is 9.18. The fourth-order valence-electron chi connectivity index (χ4n) is 3.31. The number of aromatic nitrogens is 3. The van der Waals surface area contributed by atoms with Gasteiger partial charge in [0.15, 0.2) is 5.69 Å². The van der Waals surface area contributed by atoms with Gasteiger partial charge in [0.1, 0.15) is 0 Å². The smallest absolute Gasteiger partial charge is 0.278 e. The van der Waals surface area contributed by atoms with Crippen LogP contribution in [0.5, 0.6) is 5.88 Å². The maximum atomic E-state index is 12.7. The number of amides is 1. The van der Waals surface area contributed by atoms with Crippen LogP contribution >= 0.6 is 11.8 Å². The predicted octanol–water partition coefficient (Wildman–Crippen LogP) is 4.00. The highest BCUT2D eigenvalue weighted by Crippen LogP contribution is 2.44. The van der Waals surface area contributed by atoms with Crippen LogP contribution in [0.25, 0.3) is 11.3 Å². The lowest BCUT2D eigenvalue weighted by atomic mass is 10.1. The van der Waals surface area contributed by atoms with Gasteiger partial charge in [-0.15, -0.1) is 10.2 Å². The molecular formula is C20H17N5O4S. The Morgan fingerprint density at radius 2 is 1.93 bits per heavy atom. The summed E-state index contributed by atoms with van der Waals surface area (Å²) < 4.78 is 6.15. The van der Waals surface area contributed by atoms with Gasteiger partial charge in [-0.2, -0.15) is 4.98 Å². The van der Waals surface area contributed by atoms with Crippen LogP contribution in [0.4, 0.5) is 11.4 Å². The van der Waals surface area contributed by atoms with Crippen molar-refractivity contribution in [1.82, 2.24) is 15.2 Å². The molecule has 0 aliphatic carbocycles. The second-order valence-electron chi connectivity index (χ2n) is 6.37. The van der Waals surface area contributed by atoms with Crippen molar-refractivity contribution < 1.29 is 14.5 Å². The summed E-state index contributed by atoms with van der Waals surface area (Å²) in [6.07, 6.45) is -1.09. The molecule has 9 nitrogen and oxygen atoms in total. The third-order valence-corrected chi connectivity index (χ3v) is 5.24. The number of ether oxygens (including phenoxy) is 1. The Morgan fingerprint density at radius 3 is 2.67 bits per heavy atom. The molecule has 0 radical (unpaired) electrons. The molecule has 152 valence electrons. The summed E-state index contributed by atoms with van der Waals surface area (Å²) in [6, 6.07) is 13.3. The molecule has 1 amide bonds. The minimum absolute atomic E-state index is 0.153. The fraction of sp³-hybridized carbons (Fsp3) is 0.200. The van der Waals surface area contributed by atoms with Gasteiger partial charge >= 0.3 is 0 Å². The van der Waals surface area contributed by atoms with Crippen molar-refractivity contribution in [2.45, 2.75) is 25.2 Å². The van der Waals surface area contributed by atoms with Crippen molar-refractivity contribution in [2.75, 3.05) is 10.7 Å². The Labute approximate surface area is 176 Å². The molecule has 1 aliphatic heterocycles. The number of hydrogen-bond acceptors (Lipinski definition) is 8. The number of fused-ring (bicyclic) bond motifs is 3. The van der Waals surface area contributed by atoms with Gasteiger partial charge in [-0.1, -0.05) is 49.0 Å². The van der Waals surface area contributed by atoms with Crippen molar-refractivity contribution in [3.05, 3.63) is 64.2 Å². The first-order valence-corrected chi connectivity index (χ1v) is 10.2. The van der Waals surface area contributed by atoms with Gasteiger partial charge in [0.05, 0.1) is 16.2 Å². The molecule has 0 bridgehead atoms. The summed E-state index contributed by atoms with van der Waals surface area (Å²) in [6.45, 7) is 3.35. The van der Waals surface area contributed by atoms with E-state index in [2.05, 4.69) is 15.2 Å². The minimum atomic E-state index is -1.09. The van der Waals surface area contributed by atoms with Crippen molar-refractivity contribution >= 4 is 29.0 Å². The molecule has 0 unspecified atom stereocenters. The van der Waals surface area contributed by atoms with Crippen molar-refractivity contribution in [2.24, 2.45) is 0 Å². The molecule has 0 saturated carbocycles. The van der Waals surface area contributed by atoms with Crippen LogP contribution in [0.3, 0.4) is 0 Å². The summed E-state index contributed by atoms with van der Waals surface area (Å²) in [5, 5.41) is 20.5. The van der Waals surface area contributed by atoms with E-state index in [4.69, 9.17) is 4.74 Å². The average molecular weight is 423 g/mol. The van der Waals surface area contributed by atoms with E-state index in [1.807, 2.05) is 13.0 Å². The lowest BCUT2D eigenvalue weighted by Gasteiger charge is -2.29. The van der Waals surface area contributed by atoms with E-state index in [1.54, 1.807) is 36.4 Å². The quantitative estimate of drug-likeness (QED) is 0.352. The molecular weight excluding hydrogens is 406 g/mol. The molecule has 3 aromatic rings. The van der Waals surface area contributed by atoms with Gasteiger partial charge in [-0.25, -0.2) is 0 Å². The summed E-state index contributed by atoms with van der Waals surface area (Å²) in [4.78, 5) is 29.7. The van der Waals surface area contributed by atoms with Crippen molar-refractivity contribution in [3.63, 3.8) is 0 Å². The molecule has 1 aromatic heterocycles. The van der Waals surface area contributed by atoms with Crippen molar-refractivity contribution in [1.29, 1.82) is 0 Å². The van der Waals surface area contributed by atoms with Gasteiger partial charge in [-0.05, 0) is 17.9 Å². The first kappa shape index (κ1) is 19.8. The molecule has 1 atom stereocenters. The summed E-state index contributed by atoms with van der Waals surface area (Å²) in [5.74, 6) is 0.569. The molecule has 1 aliphatic rings. The second-order valence-corrected chi connectivity index (χ2v) is 7.60. The average Bonchev–Trinajstić information content (AvgIpc) is 2.88. The molecule has 2 aromatic carbocycles. The fourth-order valence-corrected chi connectivity index (χ4v) is 3.81. The molecule has 0 spiro atoms. The lowest BCUT2D eigenvalue weighted by molar-refractivity contribution is -0.386. The van der Waals surface area contributed by atoms with Crippen LogP contribution < -0.4 is 9.64 Å². The highest BCUT2D eigenvalue weighted by atomic mass is 32.2. The number of benzene rings is 2. The third-order valence-electron chi connectivity index (χ3n) is 4.52. The Bertz CT molecular complexity index is 1140. The molecule has 0 saturated heterocycles. The van der Waals surface area contributed by atoms with E-state index < -0.39 is 11.2 Å². The van der Waals surface area contributed by atoms with Gasteiger partial charge in [0.25, 0.3) is 5.69 Å². The maximum Gasteiger partial charge on any atom is 0.278 e. The number of nitro benzene ring substituents is 1. The standard InChI is InChI=1S/C20H17N5O4S/c1-3-30-20-21-18-17(22-23-20)13-8-4-6-10-15(13)24(12(2)26)19(29-18)14-9-5-7-11-16(14)25(27)28/h4-11,19H,3H2,1-2H3/t19-/m0/s1. The number of rotatable bonds is 4. The predicted molar refractivity (Wildman–Crippen MR) is 111 cm³/mol. The number of anilines is 1. The molecule has 30 heavy (non-hydrogen) atoms. The van der Waals surface area contributed by atoms with Crippen LogP contribution in [-0.2, 0) is 4.79 Å². The van der Waals surface area contributed by atoms with Crippen molar-refractivity contribution in [3.8, 4) is 17.1 Å². The van der Waals surface area contributed by atoms with Gasteiger partial charge in [-0.3, -0.25) is 19.8 Å². The lowest BCUT2D eigenvalue weighted by Crippen LogP contribution is -2.36. The van der Waals surface area contributed by atoms with Gasteiger partial charge in [0.2, 0.25) is 23.2 Å². The molecule has 0 N–H and O–H groups in total. The summed E-state index contributed by atoms with van der Waals surface area (Å²) in [5.41, 5.74) is 1.58. The van der Waals surface area contributed by atoms with E-state index in [-0.39, 0.29) is 23.0 Å². The SMILES string of the molecule is CCSc1nnc2c(n1)O[C@@H](c1ccccc1[N+](=O)[O-])N(C(C)=O)c1ccccc1-2. The van der Waals surface area contributed by atoms with E-state index >= 15 is 0 Å². The molecule has 0 fully saturated rings. The molecule has 2 heterocycles. The zero-order valence-corrected chi connectivity index (χ0v) is 17.0. The highest BCUT2D eigenvalue weighted by molar-refractivity contribution is 7.99. The van der Waals surface area contributed by atoms with E-state index in [0.29, 0.717) is 22.1 Å². The normalized spacial score (nSPS) is 14.9. The zero-order chi connectivity index (χ0) is 21.3. The number of para-hydroxylation sites is 2. The number of carbonyl (C=O) groups is 1. The Balaban J connectivity index is 1.99. The number of hydrogen-bond donors (Lipinski definition) is 0. The van der Waals surface area contributed by atoms with Gasteiger partial charge < -0.3 is 4.74 Å². The zero-order valence-electron chi connectivity index (χ0n) is 16.2. The summed E-state index contributed by atoms with van der Waals surface area (Å²) >= 11 is 1.39. The number of carbonyl (C=O) groups excluding carboxylic acids is 1. The van der Waals surface area contributed by atoms with Crippen LogP contribution in [0.15, 0.2) is 53.7 Å². The van der Waals surface area contributed by atoms with E-state index in [1.165, 1.54) is 29.7 Å².